The molecule has 0 amide bonds. The van der Waals surface area contributed by atoms with E-state index < -0.39 is 0 Å². The third kappa shape index (κ3) is 17.4. The Kier molecular flexibility index (Phi) is 24.3. The number of aromatic nitrogens is 4. The van der Waals surface area contributed by atoms with Crippen LogP contribution < -0.4 is 9.80 Å². The summed E-state index contributed by atoms with van der Waals surface area (Å²) in [4.78, 5) is 32.6. The number of aliphatic hydroxyl groups is 1. The molecule has 0 atom stereocenters. The predicted octanol–water partition coefficient (Wildman–Crippen LogP) is 23.8. The number of rotatable bonds is 12. The maximum atomic E-state index is 10.0. The number of allylic oxidation sites excluding steroid dienone is 2. The fourth-order valence-corrected chi connectivity index (χ4v) is 12.1. The van der Waals surface area contributed by atoms with Gasteiger partial charge in [-0.2, -0.15) is 0 Å². The number of carbonyl (C=O) groups excluding carboxylic acids is 1. The molecule has 0 saturated carbocycles. The van der Waals surface area contributed by atoms with Gasteiger partial charge < -0.3 is 19.6 Å². The standard InChI is InChI=1S/C44H32N2.C24H16N2.C16H11N2.C5H8O2.BHNP.Ir/c1-3-17-37(18-4-1)45(43-23-11-15-35-13-7-9-21-41(35)43)39-29-25-33(26-30-39)34-27-31-40(32-28-34)46(38-19-5-2-6-20-38)44-24-12-16-36-14-8-10-22-42(36)44;1-3-7-17(8-4-1)19-13-15-25-23-21(19)11-12-22-20(14-16-26-24(22)23)18-9-5-2-6-10-18;1-3-7-13(8-4-1)15-11-16(18-12-17-15)14-9-5-2-6-10-14;1-4(6)3-5(2)7;1-2-3;/h1-32H;1-16H;1-9,11-12H;3,6H,1-2H3;3H;/q;;-1;;;. The number of pyridine rings is 2. The van der Waals surface area contributed by atoms with Crippen LogP contribution in [0, 0.1) is 6.07 Å². The third-order valence-corrected chi connectivity index (χ3v) is 16.6. The van der Waals surface area contributed by atoms with Crippen molar-refractivity contribution < 1.29 is 30.0 Å². The van der Waals surface area contributed by atoms with Crippen LogP contribution >= 0.6 is 9.03 Å². The van der Waals surface area contributed by atoms with E-state index in [4.69, 9.17) is 5.11 Å². The van der Waals surface area contributed by atoms with Crippen LogP contribution in [0.15, 0.2) is 375 Å². The van der Waals surface area contributed by atoms with Gasteiger partial charge in [0.25, 0.3) is 7.98 Å². The first-order valence-electron chi connectivity index (χ1n) is 32.7. The van der Waals surface area contributed by atoms with Gasteiger partial charge in [-0.15, -0.1) is 35.9 Å². The molecule has 0 spiro atoms. The van der Waals surface area contributed by atoms with Crippen LogP contribution in [0.1, 0.15) is 13.8 Å². The Bertz CT molecular complexity index is 5070. The average molecular weight is 1500 g/mol. The maximum Gasteiger partial charge on any atom is 0.265 e. The van der Waals surface area contributed by atoms with Crippen molar-refractivity contribution in [1.82, 2.24) is 19.9 Å². The van der Waals surface area contributed by atoms with Crippen molar-refractivity contribution in [2.24, 2.45) is 4.66 Å². The molecular weight excluding hydrogens is 1430 g/mol. The van der Waals surface area contributed by atoms with E-state index in [2.05, 4.69) is 324 Å². The summed E-state index contributed by atoms with van der Waals surface area (Å²) in [5.74, 6) is -0.0625. The minimum Gasteiger partial charge on any atom is -0.512 e. The zero-order valence-corrected chi connectivity index (χ0v) is 58.9. The Labute approximate surface area is 606 Å². The Hall–Kier alpha value is -12.1. The molecule has 3 radical (unpaired) electrons. The molecule has 0 aliphatic carbocycles. The molecule has 0 aliphatic heterocycles. The second-order valence-electron chi connectivity index (χ2n) is 23.2. The predicted molar refractivity (Wildman–Crippen MR) is 419 cm³/mol. The van der Waals surface area contributed by atoms with E-state index >= 15 is 0 Å². The molecule has 0 fully saturated rings. The number of hydrogen-bond donors (Lipinski definition) is 1. The average Bonchev–Trinajstić information content (AvgIpc) is 0.773. The van der Waals surface area contributed by atoms with Crippen LogP contribution in [-0.4, -0.2) is 38.8 Å². The fourth-order valence-electron chi connectivity index (χ4n) is 12.1. The molecule has 1 N–H and O–H groups in total. The SMILES string of the molecule is CC(=O)C=C(C)O.[B]N=P.[Ir].[c-]1ccccc1-c1cc(-c2ccccc2)ncn1.c1ccc(-c2ccnc3c2ccc2c(-c4ccccc4)ccnc23)cc1.c1ccc(N(c2ccc(-c3ccc(N(c4ccccc4)c4cccc5ccccc45)cc3)cc2)c2cccc3ccccc23)cc1. The first-order valence-corrected chi connectivity index (χ1v) is 33.1. The van der Waals surface area contributed by atoms with E-state index in [0.717, 1.165) is 78.4 Å². The van der Waals surface area contributed by atoms with Crippen LogP contribution in [0.3, 0.4) is 0 Å². The van der Waals surface area contributed by atoms with Crippen molar-refractivity contribution in [3.63, 3.8) is 0 Å². The van der Waals surface area contributed by atoms with Gasteiger partial charge in [0.1, 0.15) is 6.33 Å². The zero-order chi connectivity index (χ0) is 68.8. The quantitative estimate of drug-likeness (QED) is 0.0322. The molecule has 0 bridgehead atoms. The Balaban J connectivity index is 0.000000156. The van der Waals surface area contributed by atoms with Gasteiger partial charge in [-0.05, 0) is 151 Å². The van der Waals surface area contributed by atoms with Crippen LogP contribution in [-0.2, 0) is 24.9 Å². The van der Waals surface area contributed by atoms with Gasteiger partial charge in [-0.3, -0.25) is 19.7 Å². The van der Waals surface area contributed by atoms with Gasteiger partial charge in [0.15, 0.2) is 5.78 Å². The molecular formula is C89H68BIrN7O2P-. The number of anilines is 6. The minimum absolute atomic E-state index is 0. The molecule has 9 nitrogen and oxygen atoms in total. The van der Waals surface area contributed by atoms with Crippen molar-refractivity contribution in [2.75, 3.05) is 9.80 Å². The van der Waals surface area contributed by atoms with Crippen molar-refractivity contribution in [3.8, 4) is 55.9 Å². The number of carbonyl (C=O) groups is 1. The molecule has 3 aromatic heterocycles. The maximum absolute atomic E-state index is 10.0. The Morgan fingerprint density at radius 3 is 1.19 bits per heavy atom. The van der Waals surface area contributed by atoms with Crippen molar-refractivity contribution >= 4 is 100 Å². The summed E-state index contributed by atoms with van der Waals surface area (Å²) in [6, 6.07) is 122. The van der Waals surface area contributed by atoms with Crippen LogP contribution in [0.25, 0.3) is 99.2 Å². The first kappa shape index (κ1) is 70.2. The molecule has 101 heavy (non-hydrogen) atoms. The first-order chi connectivity index (χ1) is 49.2. The normalized spacial score (nSPS) is 10.6. The van der Waals surface area contributed by atoms with E-state index in [0.29, 0.717) is 0 Å². The molecule has 12 heteroatoms. The summed E-state index contributed by atoms with van der Waals surface area (Å²) in [7, 11) is 6.97. The number of fused-ring (bicyclic) bond motifs is 5. The van der Waals surface area contributed by atoms with E-state index in [9.17, 15) is 4.79 Å². The third-order valence-electron chi connectivity index (χ3n) is 16.6. The van der Waals surface area contributed by atoms with E-state index in [-0.39, 0.29) is 31.6 Å². The summed E-state index contributed by atoms with van der Waals surface area (Å²) in [6.07, 6.45) is 6.51. The van der Waals surface area contributed by atoms with Crippen LogP contribution in [0.4, 0.5) is 34.1 Å². The van der Waals surface area contributed by atoms with E-state index in [1.165, 1.54) is 74.8 Å². The Morgan fingerprint density at radius 1 is 0.406 bits per heavy atom. The van der Waals surface area contributed by atoms with E-state index in [1.54, 1.807) is 6.33 Å². The van der Waals surface area contributed by atoms with E-state index in [1.807, 2.05) is 85.2 Å². The summed E-state index contributed by atoms with van der Waals surface area (Å²) in [6.45, 7) is 2.85. The molecule has 0 aliphatic rings. The molecule has 16 aromatic rings. The van der Waals surface area contributed by atoms with Crippen molar-refractivity contribution in [3.05, 3.63) is 376 Å². The smallest absolute Gasteiger partial charge is 0.265 e. The largest absolute Gasteiger partial charge is 0.512 e. The van der Waals surface area contributed by atoms with Gasteiger partial charge in [-0.25, -0.2) is 4.98 Å². The molecule has 0 saturated heterocycles. The van der Waals surface area contributed by atoms with Crippen molar-refractivity contribution in [2.45, 2.75) is 13.8 Å². The van der Waals surface area contributed by atoms with Gasteiger partial charge in [-0.1, -0.05) is 243 Å². The number of nitrogens with zero attached hydrogens (tertiary/aromatic N) is 7. The van der Waals surface area contributed by atoms with Crippen LogP contribution in [0.2, 0.25) is 0 Å². The Morgan fingerprint density at radius 2 is 0.782 bits per heavy atom. The number of ketones is 1. The molecule has 16 rings (SSSR count). The van der Waals surface area contributed by atoms with Gasteiger partial charge in [0.05, 0.1) is 33.9 Å². The van der Waals surface area contributed by atoms with Crippen LogP contribution in [0.5, 0.6) is 0 Å². The summed E-state index contributed by atoms with van der Waals surface area (Å²) in [5.41, 5.74) is 19.7. The molecule has 489 valence electrons. The zero-order valence-electron chi connectivity index (χ0n) is 55.5. The van der Waals surface area contributed by atoms with Crippen molar-refractivity contribution in [1.29, 1.82) is 0 Å². The van der Waals surface area contributed by atoms with Gasteiger partial charge >= 0.3 is 0 Å². The number of hydrogen-bond acceptors (Lipinski definition) is 9. The minimum atomic E-state index is -0.125. The monoisotopic (exact) mass is 1500 g/mol. The number of benzene rings is 13. The van der Waals surface area contributed by atoms with Gasteiger partial charge in [0.2, 0.25) is 0 Å². The molecule has 3 heterocycles. The summed E-state index contributed by atoms with van der Waals surface area (Å²) >= 11 is 0. The summed E-state index contributed by atoms with van der Waals surface area (Å²) < 4.78 is 2.81. The second kappa shape index (κ2) is 34.9. The van der Waals surface area contributed by atoms with Gasteiger partial charge in [0, 0.05) is 82.9 Å². The topological polar surface area (TPSA) is 108 Å². The molecule has 0 unspecified atom stereocenters. The second-order valence-corrected chi connectivity index (χ2v) is 23.5. The number of aliphatic hydroxyl groups excluding tert-OH is 1. The fraction of sp³-hybridized carbons (Fsp3) is 0.0225. The molecule has 13 aromatic carbocycles. The number of para-hydroxylation sites is 2. The summed E-state index contributed by atoms with van der Waals surface area (Å²) in [5, 5.41) is 15.5.